The highest BCUT2D eigenvalue weighted by atomic mass is 32.2. The fourth-order valence-corrected chi connectivity index (χ4v) is 7.04. The third kappa shape index (κ3) is 6.48. The lowest BCUT2D eigenvalue weighted by atomic mass is 9.91. The lowest BCUT2D eigenvalue weighted by Crippen LogP contribution is -2.38. The first-order valence-electron chi connectivity index (χ1n) is 15.5. The molecule has 47 heavy (non-hydrogen) atoms. The number of hydrogen-bond acceptors (Lipinski definition) is 8. The minimum Gasteiger partial charge on any atom is -0.392 e. The molecule has 1 N–H and O–H groups in total. The summed E-state index contributed by atoms with van der Waals surface area (Å²) in [5.74, 6) is 0.177. The van der Waals surface area contributed by atoms with Gasteiger partial charge in [-0.3, -0.25) is 14.5 Å². The number of rotatable bonds is 9. The number of aliphatic hydroxyl groups excluding tert-OH is 1. The molecule has 0 spiro atoms. The summed E-state index contributed by atoms with van der Waals surface area (Å²) >= 11 is 1.56. The van der Waals surface area contributed by atoms with E-state index in [-0.39, 0.29) is 43.1 Å². The SMILES string of the molecule is CC1C(CSc2ncccn2)OC(c2ccc(-c3cccc(CN4C(=O)c5ccccc5C4=O)c3)cc2)OC1c1ccc(CO)cc1. The molecule has 9 heteroatoms. The van der Waals surface area contributed by atoms with Gasteiger partial charge in [-0.05, 0) is 52.1 Å². The lowest BCUT2D eigenvalue weighted by molar-refractivity contribution is -0.268. The van der Waals surface area contributed by atoms with Crippen LogP contribution in [0.3, 0.4) is 0 Å². The molecule has 3 heterocycles. The van der Waals surface area contributed by atoms with E-state index in [4.69, 9.17) is 9.47 Å². The van der Waals surface area contributed by atoms with Crippen molar-refractivity contribution in [3.63, 3.8) is 0 Å². The topological polar surface area (TPSA) is 102 Å². The maximum absolute atomic E-state index is 12.9. The monoisotopic (exact) mass is 643 g/mol. The highest BCUT2D eigenvalue weighted by Gasteiger charge is 2.39. The Balaban J connectivity index is 1.10. The van der Waals surface area contributed by atoms with E-state index in [2.05, 4.69) is 16.9 Å². The Morgan fingerprint density at radius 2 is 1.43 bits per heavy atom. The zero-order chi connectivity index (χ0) is 32.3. The number of nitrogens with zero attached hydrogens (tertiary/aromatic N) is 3. The average molecular weight is 644 g/mol. The van der Waals surface area contributed by atoms with Crippen molar-refractivity contribution in [1.29, 1.82) is 0 Å². The second-order valence-electron chi connectivity index (χ2n) is 11.7. The Labute approximate surface area is 277 Å². The summed E-state index contributed by atoms with van der Waals surface area (Å²) in [6.45, 7) is 2.33. The quantitative estimate of drug-likeness (QED) is 0.104. The molecule has 4 unspecified atom stereocenters. The van der Waals surface area contributed by atoms with Crippen molar-refractivity contribution >= 4 is 23.6 Å². The van der Waals surface area contributed by atoms with Crippen LogP contribution in [0.5, 0.6) is 0 Å². The summed E-state index contributed by atoms with van der Waals surface area (Å²) in [6, 6.07) is 32.6. The van der Waals surface area contributed by atoms with Gasteiger partial charge in [-0.2, -0.15) is 0 Å². The molecule has 236 valence electrons. The van der Waals surface area contributed by atoms with E-state index in [9.17, 15) is 14.7 Å². The van der Waals surface area contributed by atoms with Crippen molar-refractivity contribution in [2.45, 2.75) is 43.7 Å². The molecule has 0 radical (unpaired) electrons. The summed E-state index contributed by atoms with van der Waals surface area (Å²) in [4.78, 5) is 35.9. The zero-order valence-corrected chi connectivity index (χ0v) is 26.5. The Morgan fingerprint density at radius 3 is 2.11 bits per heavy atom. The number of fused-ring (bicyclic) bond motifs is 1. The highest BCUT2D eigenvalue weighted by molar-refractivity contribution is 7.99. The number of aromatic nitrogens is 2. The molecule has 2 aliphatic heterocycles. The molecule has 8 nitrogen and oxygen atoms in total. The van der Waals surface area contributed by atoms with Crippen LogP contribution in [0.2, 0.25) is 0 Å². The molecule has 5 aromatic rings. The van der Waals surface area contributed by atoms with Gasteiger partial charge in [-0.1, -0.05) is 97.5 Å². The van der Waals surface area contributed by atoms with E-state index in [0.29, 0.717) is 22.0 Å². The minimum atomic E-state index is -0.592. The summed E-state index contributed by atoms with van der Waals surface area (Å²) < 4.78 is 13.2. The molecule has 4 aromatic carbocycles. The molecule has 0 bridgehead atoms. The second-order valence-corrected chi connectivity index (χ2v) is 12.7. The molecule has 2 aliphatic rings. The van der Waals surface area contributed by atoms with Crippen LogP contribution >= 0.6 is 11.8 Å². The number of imide groups is 1. The third-order valence-electron chi connectivity index (χ3n) is 8.70. The Kier molecular flexibility index (Phi) is 8.95. The smallest absolute Gasteiger partial charge is 0.261 e. The van der Waals surface area contributed by atoms with Crippen molar-refractivity contribution in [2.75, 3.05) is 5.75 Å². The Bertz CT molecular complexity index is 1850. The van der Waals surface area contributed by atoms with Crippen LogP contribution in [0.4, 0.5) is 0 Å². The van der Waals surface area contributed by atoms with Gasteiger partial charge in [-0.15, -0.1) is 0 Å². The van der Waals surface area contributed by atoms with Gasteiger partial charge < -0.3 is 14.6 Å². The zero-order valence-electron chi connectivity index (χ0n) is 25.7. The summed E-state index contributed by atoms with van der Waals surface area (Å²) in [5, 5.41) is 10.2. The van der Waals surface area contributed by atoms with Gasteiger partial charge in [0.1, 0.15) is 0 Å². The number of ether oxygens (including phenoxy) is 2. The van der Waals surface area contributed by atoms with E-state index in [0.717, 1.165) is 33.4 Å². The Hall–Kier alpha value is -4.67. The van der Waals surface area contributed by atoms with E-state index in [1.54, 1.807) is 54.5 Å². The van der Waals surface area contributed by atoms with E-state index < -0.39 is 6.29 Å². The molecule has 2 amide bonds. The summed E-state index contributed by atoms with van der Waals surface area (Å²) in [5.41, 5.74) is 6.50. The van der Waals surface area contributed by atoms with Crippen LogP contribution in [0.1, 0.15) is 62.3 Å². The number of benzene rings is 4. The number of thioether (sulfide) groups is 1. The molecule has 0 saturated carbocycles. The lowest BCUT2D eigenvalue weighted by Gasteiger charge is -2.41. The molecular formula is C38H33N3O5S. The number of amides is 2. The van der Waals surface area contributed by atoms with Gasteiger partial charge >= 0.3 is 0 Å². The minimum absolute atomic E-state index is 0.0124. The van der Waals surface area contributed by atoms with Gasteiger partial charge in [0.25, 0.3) is 11.8 Å². The van der Waals surface area contributed by atoms with E-state index in [1.807, 2.05) is 72.8 Å². The molecule has 4 atom stereocenters. The molecular weight excluding hydrogens is 611 g/mol. The molecule has 0 aliphatic carbocycles. The second kappa shape index (κ2) is 13.6. The molecule has 7 rings (SSSR count). The maximum Gasteiger partial charge on any atom is 0.261 e. The van der Waals surface area contributed by atoms with E-state index >= 15 is 0 Å². The van der Waals surface area contributed by atoms with Crippen molar-refractivity contribution in [3.05, 3.63) is 149 Å². The highest BCUT2D eigenvalue weighted by Crippen LogP contribution is 2.43. The third-order valence-corrected chi connectivity index (χ3v) is 9.67. The average Bonchev–Trinajstić information content (AvgIpc) is 3.36. The predicted octanol–water partition coefficient (Wildman–Crippen LogP) is 7.02. The van der Waals surface area contributed by atoms with Gasteiger partial charge in [0.2, 0.25) is 0 Å². The normalized spacial score (nSPS) is 20.8. The van der Waals surface area contributed by atoms with Crippen molar-refractivity contribution in [1.82, 2.24) is 14.9 Å². The first-order chi connectivity index (χ1) is 23.0. The maximum atomic E-state index is 12.9. The standard InChI is InChI=1S/C38H33N3O5S/c1-24-33(23-47-38-39-18-5-19-40-38)45-37(46-34(24)28-12-10-25(22-42)11-13-28)29-16-14-27(15-17-29)30-7-4-6-26(20-30)21-41-35(43)31-8-2-3-9-32(31)36(41)44/h2-20,24,33-34,37,42H,21-23H2,1H3. The van der Waals surface area contributed by atoms with Crippen LogP contribution in [0, 0.1) is 5.92 Å². The number of carbonyl (C=O) groups excluding carboxylic acids is 2. The Morgan fingerprint density at radius 1 is 0.745 bits per heavy atom. The first-order valence-corrected chi connectivity index (χ1v) is 16.5. The van der Waals surface area contributed by atoms with Gasteiger partial charge in [0.05, 0.1) is 36.5 Å². The fourth-order valence-electron chi connectivity index (χ4n) is 6.07. The number of carbonyl (C=O) groups is 2. The van der Waals surface area contributed by atoms with Crippen molar-refractivity contribution in [3.8, 4) is 11.1 Å². The van der Waals surface area contributed by atoms with Crippen LogP contribution < -0.4 is 0 Å². The fraction of sp³-hybridized carbons (Fsp3) is 0.211. The molecule has 1 fully saturated rings. The molecule has 1 aromatic heterocycles. The molecule has 1 saturated heterocycles. The van der Waals surface area contributed by atoms with E-state index in [1.165, 1.54) is 4.90 Å². The number of hydrogen-bond donors (Lipinski definition) is 1. The van der Waals surface area contributed by atoms with Crippen LogP contribution in [-0.2, 0) is 22.6 Å². The van der Waals surface area contributed by atoms with Crippen molar-refractivity contribution < 1.29 is 24.2 Å². The predicted molar refractivity (Wildman–Crippen MR) is 178 cm³/mol. The van der Waals surface area contributed by atoms with Gasteiger partial charge in [-0.25, -0.2) is 9.97 Å². The largest absolute Gasteiger partial charge is 0.392 e. The van der Waals surface area contributed by atoms with Gasteiger partial charge in [0, 0.05) is 29.6 Å². The van der Waals surface area contributed by atoms with Crippen LogP contribution in [0.15, 0.2) is 121 Å². The number of aliphatic hydroxyl groups is 1. The summed E-state index contributed by atoms with van der Waals surface area (Å²) in [6.07, 6.45) is 2.52. The van der Waals surface area contributed by atoms with Crippen LogP contribution in [-0.4, -0.2) is 43.6 Å². The van der Waals surface area contributed by atoms with Gasteiger partial charge in [0.15, 0.2) is 11.4 Å². The first kappa shape index (κ1) is 31.0. The summed E-state index contributed by atoms with van der Waals surface area (Å²) in [7, 11) is 0. The van der Waals surface area contributed by atoms with Crippen LogP contribution in [0.25, 0.3) is 11.1 Å². The van der Waals surface area contributed by atoms with Crippen molar-refractivity contribution in [2.24, 2.45) is 5.92 Å².